The zero-order chi connectivity index (χ0) is 11.5. The Hall–Kier alpha value is -1.42. The van der Waals surface area contributed by atoms with E-state index < -0.39 is 0 Å². The Morgan fingerprint density at radius 1 is 1.62 bits per heavy atom. The first-order valence-electron chi connectivity index (χ1n) is 5.52. The van der Waals surface area contributed by atoms with Crippen molar-refractivity contribution in [2.75, 3.05) is 19.0 Å². The van der Waals surface area contributed by atoms with E-state index in [1.54, 1.807) is 7.11 Å². The number of aryl methyl sites for hydroxylation is 1. The molecule has 0 aromatic carbocycles. The van der Waals surface area contributed by atoms with Crippen molar-refractivity contribution >= 4 is 12.1 Å². The largest absolute Gasteiger partial charge is 0.375 e. The molecular formula is C12H16N2O2. The van der Waals surface area contributed by atoms with Gasteiger partial charge in [-0.15, -0.1) is 0 Å². The van der Waals surface area contributed by atoms with Gasteiger partial charge in [0.2, 0.25) is 0 Å². The van der Waals surface area contributed by atoms with Crippen molar-refractivity contribution in [1.29, 1.82) is 0 Å². The number of nitrogens with one attached hydrogen (secondary N) is 1. The summed E-state index contributed by atoms with van der Waals surface area (Å²) in [4.78, 5) is 15.5. The molecule has 1 atom stereocenters. The monoisotopic (exact) mass is 220 g/mol. The molecule has 0 aliphatic carbocycles. The van der Waals surface area contributed by atoms with Crippen LogP contribution in [0.25, 0.3) is 0 Å². The summed E-state index contributed by atoms with van der Waals surface area (Å²) < 4.78 is 5.22. The zero-order valence-corrected chi connectivity index (χ0v) is 9.62. The van der Waals surface area contributed by atoms with Gasteiger partial charge in [0, 0.05) is 19.2 Å². The maximum atomic E-state index is 11.0. The second-order valence-electron chi connectivity index (χ2n) is 4.00. The van der Waals surface area contributed by atoms with Gasteiger partial charge in [-0.25, -0.2) is 4.98 Å². The fourth-order valence-corrected chi connectivity index (χ4v) is 1.95. The van der Waals surface area contributed by atoms with Crippen LogP contribution in [0.15, 0.2) is 6.07 Å². The molecule has 0 fully saturated rings. The highest BCUT2D eigenvalue weighted by Gasteiger charge is 2.17. The first-order chi connectivity index (χ1) is 7.76. The molecule has 1 aromatic rings. The molecule has 2 heterocycles. The zero-order valence-electron chi connectivity index (χ0n) is 9.62. The van der Waals surface area contributed by atoms with Crippen molar-refractivity contribution < 1.29 is 9.53 Å². The highest BCUT2D eigenvalue weighted by atomic mass is 16.5. The van der Waals surface area contributed by atoms with Crippen molar-refractivity contribution in [2.45, 2.75) is 25.9 Å². The fourth-order valence-electron chi connectivity index (χ4n) is 1.95. The Bertz CT molecular complexity index is 404. The standard InChI is InChI=1S/C12H16N2O2/c1-8(16-2)11-10(7-15)6-9-4-3-5-13-12(9)14-11/h6-8H,3-5H2,1-2H3,(H,13,14). The number of pyridine rings is 1. The summed E-state index contributed by atoms with van der Waals surface area (Å²) in [5.41, 5.74) is 2.47. The fraction of sp³-hybridized carbons (Fsp3) is 0.500. The molecule has 1 unspecified atom stereocenters. The minimum Gasteiger partial charge on any atom is -0.375 e. The molecule has 0 spiro atoms. The lowest BCUT2D eigenvalue weighted by molar-refractivity contribution is 0.107. The van der Waals surface area contributed by atoms with E-state index >= 15 is 0 Å². The molecule has 1 N–H and O–H groups in total. The van der Waals surface area contributed by atoms with Gasteiger partial charge in [-0.05, 0) is 31.4 Å². The molecule has 1 aliphatic rings. The van der Waals surface area contributed by atoms with Crippen molar-refractivity contribution in [3.8, 4) is 0 Å². The van der Waals surface area contributed by atoms with E-state index in [1.807, 2.05) is 13.0 Å². The lowest BCUT2D eigenvalue weighted by Crippen LogP contribution is -2.16. The van der Waals surface area contributed by atoms with Gasteiger partial charge in [0.05, 0.1) is 11.8 Å². The van der Waals surface area contributed by atoms with Gasteiger partial charge < -0.3 is 10.1 Å². The van der Waals surface area contributed by atoms with Gasteiger partial charge in [-0.3, -0.25) is 4.79 Å². The van der Waals surface area contributed by atoms with Crippen molar-refractivity contribution in [3.05, 3.63) is 22.9 Å². The highest BCUT2D eigenvalue weighted by molar-refractivity contribution is 5.78. The Morgan fingerprint density at radius 2 is 2.44 bits per heavy atom. The van der Waals surface area contributed by atoms with Gasteiger partial charge in [0.25, 0.3) is 0 Å². The van der Waals surface area contributed by atoms with Crippen LogP contribution in [-0.4, -0.2) is 24.9 Å². The van der Waals surface area contributed by atoms with Crippen LogP contribution in [0.2, 0.25) is 0 Å². The van der Waals surface area contributed by atoms with E-state index in [-0.39, 0.29) is 6.10 Å². The summed E-state index contributed by atoms with van der Waals surface area (Å²) in [6.45, 7) is 2.84. The molecule has 1 aliphatic heterocycles. The van der Waals surface area contributed by atoms with Gasteiger partial charge in [0.1, 0.15) is 5.82 Å². The Labute approximate surface area is 95.0 Å². The molecule has 4 nitrogen and oxygen atoms in total. The van der Waals surface area contributed by atoms with Crippen molar-refractivity contribution in [1.82, 2.24) is 4.98 Å². The molecule has 0 saturated heterocycles. The summed E-state index contributed by atoms with van der Waals surface area (Å²) in [6.07, 6.45) is 2.77. The molecule has 86 valence electrons. The SMILES string of the molecule is COC(C)c1nc2c(cc1C=O)CCCN2. The Balaban J connectivity index is 2.47. The van der Waals surface area contributed by atoms with E-state index in [0.717, 1.165) is 37.1 Å². The summed E-state index contributed by atoms with van der Waals surface area (Å²) in [5.74, 6) is 0.899. The number of carbonyl (C=O) groups excluding carboxylic acids is 1. The van der Waals surface area contributed by atoms with Crippen LogP contribution in [0.4, 0.5) is 5.82 Å². The minimum atomic E-state index is -0.158. The number of hydrogen-bond donors (Lipinski definition) is 1. The maximum absolute atomic E-state index is 11.0. The first-order valence-corrected chi connectivity index (χ1v) is 5.52. The summed E-state index contributed by atoms with van der Waals surface area (Å²) in [5, 5.41) is 3.25. The van der Waals surface area contributed by atoms with E-state index in [0.29, 0.717) is 11.3 Å². The normalized spacial score (nSPS) is 16.1. The van der Waals surface area contributed by atoms with E-state index in [1.165, 1.54) is 0 Å². The average Bonchev–Trinajstić information content (AvgIpc) is 2.36. The molecule has 0 saturated carbocycles. The number of carbonyl (C=O) groups is 1. The molecule has 4 heteroatoms. The first kappa shape index (κ1) is 11.1. The molecule has 0 bridgehead atoms. The van der Waals surface area contributed by atoms with Crippen molar-refractivity contribution in [3.63, 3.8) is 0 Å². The van der Waals surface area contributed by atoms with Crippen LogP contribution in [-0.2, 0) is 11.2 Å². The molecule has 16 heavy (non-hydrogen) atoms. The molecule has 0 radical (unpaired) electrons. The topological polar surface area (TPSA) is 51.2 Å². The third kappa shape index (κ3) is 1.93. The maximum Gasteiger partial charge on any atom is 0.152 e. The number of nitrogens with zero attached hydrogens (tertiary/aromatic N) is 1. The molecule has 0 amide bonds. The van der Waals surface area contributed by atoms with Gasteiger partial charge in [-0.1, -0.05) is 0 Å². The average molecular weight is 220 g/mol. The number of ether oxygens (including phenoxy) is 1. The lowest BCUT2D eigenvalue weighted by Gasteiger charge is -2.20. The van der Waals surface area contributed by atoms with E-state index in [2.05, 4.69) is 10.3 Å². The smallest absolute Gasteiger partial charge is 0.152 e. The van der Waals surface area contributed by atoms with Crippen molar-refractivity contribution in [2.24, 2.45) is 0 Å². The van der Waals surface area contributed by atoms with Crippen LogP contribution >= 0.6 is 0 Å². The lowest BCUT2D eigenvalue weighted by atomic mass is 10.0. The molecule has 1 aromatic heterocycles. The van der Waals surface area contributed by atoms with Gasteiger partial charge in [0.15, 0.2) is 6.29 Å². The van der Waals surface area contributed by atoms with E-state index in [4.69, 9.17) is 4.74 Å². The number of aromatic nitrogens is 1. The number of methoxy groups -OCH3 is 1. The predicted molar refractivity (Wildman–Crippen MR) is 61.9 cm³/mol. The van der Waals surface area contributed by atoms with Crippen LogP contribution in [0, 0.1) is 0 Å². The highest BCUT2D eigenvalue weighted by Crippen LogP contribution is 2.26. The second kappa shape index (κ2) is 4.61. The predicted octanol–water partition coefficient (Wildman–Crippen LogP) is 1.96. The second-order valence-corrected chi connectivity index (χ2v) is 4.00. The number of aldehydes is 1. The van der Waals surface area contributed by atoms with Gasteiger partial charge >= 0.3 is 0 Å². The summed E-state index contributed by atoms with van der Waals surface area (Å²) in [6, 6.07) is 1.92. The Morgan fingerprint density at radius 3 is 3.12 bits per heavy atom. The van der Waals surface area contributed by atoms with Crippen LogP contribution in [0.5, 0.6) is 0 Å². The van der Waals surface area contributed by atoms with Crippen LogP contribution < -0.4 is 5.32 Å². The van der Waals surface area contributed by atoms with E-state index in [9.17, 15) is 4.79 Å². The molecule has 2 rings (SSSR count). The third-order valence-corrected chi connectivity index (χ3v) is 2.94. The third-order valence-electron chi connectivity index (χ3n) is 2.94. The summed E-state index contributed by atoms with van der Waals surface area (Å²) >= 11 is 0. The number of hydrogen-bond acceptors (Lipinski definition) is 4. The Kier molecular flexibility index (Phi) is 3.19. The van der Waals surface area contributed by atoms with Crippen LogP contribution in [0.3, 0.4) is 0 Å². The minimum absolute atomic E-state index is 0.158. The number of fused-ring (bicyclic) bond motifs is 1. The molecular weight excluding hydrogens is 204 g/mol. The van der Waals surface area contributed by atoms with Crippen LogP contribution in [0.1, 0.15) is 41.1 Å². The van der Waals surface area contributed by atoms with Gasteiger partial charge in [-0.2, -0.15) is 0 Å². The summed E-state index contributed by atoms with van der Waals surface area (Å²) in [7, 11) is 1.62. The quantitative estimate of drug-likeness (QED) is 0.791. The number of anilines is 1. The number of rotatable bonds is 3.